The Balaban J connectivity index is 1.76. The number of halogens is 1. The normalized spacial score (nSPS) is 20.4. The number of nitro benzene ring substituents is 1. The van der Waals surface area contributed by atoms with Crippen LogP contribution in [0, 0.1) is 10.1 Å². The second-order valence-corrected chi connectivity index (χ2v) is 5.84. The number of hydrogen-bond acceptors (Lipinski definition) is 3. The quantitative estimate of drug-likeness (QED) is 0.669. The first-order valence-electron chi connectivity index (χ1n) is 6.40. The summed E-state index contributed by atoms with van der Waals surface area (Å²) < 4.78 is 0.713. The van der Waals surface area contributed by atoms with Gasteiger partial charge in [0, 0.05) is 22.5 Å². The first-order valence-corrected chi connectivity index (χ1v) is 7.20. The molecular formula is C15H13BrN2O2. The van der Waals surface area contributed by atoms with Gasteiger partial charge in [0.2, 0.25) is 0 Å². The van der Waals surface area contributed by atoms with Gasteiger partial charge in [-0.3, -0.25) is 10.1 Å². The summed E-state index contributed by atoms with van der Waals surface area (Å²) in [4.78, 5) is 10.7. The molecule has 1 saturated carbocycles. The molecule has 0 spiro atoms. The van der Waals surface area contributed by atoms with Crippen molar-refractivity contribution in [1.29, 1.82) is 0 Å². The summed E-state index contributed by atoms with van der Waals surface area (Å²) in [5, 5.41) is 14.4. The van der Waals surface area contributed by atoms with Crippen LogP contribution < -0.4 is 5.32 Å². The second-order valence-electron chi connectivity index (χ2n) is 4.92. The third-order valence-corrected chi connectivity index (χ3v) is 4.01. The number of nitro groups is 1. The molecule has 0 saturated heterocycles. The van der Waals surface area contributed by atoms with Gasteiger partial charge in [-0.1, -0.05) is 46.3 Å². The zero-order valence-electron chi connectivity index (χ0n) is 10.6. The van der Waals surface area contributed by atoms with Crippen LogP contribution in [0.3, 0.4) is 0 Å². The number of hydrogen-bond donors (Lipinski definition) is 1. The molecule has 2 unspecified atom stereocenters. The fraction of sp³-hybridized carbons (Fsp3) is 0.200. The Morgan fingerprint density at radius 3 is 2.65 bits per heavy atom. The molecule has 0 heterocycles. The van der Waals surface area contributed by atoms with Crippen molar-refractivity contribution < 1.29 is 4.92 Å². The van der Waals surface area contributed by atoms with E-state index >= 15 is 0 Å². The molecule has 2 aromatic rings. The number of anilines is 1. The molecule has 2 atom stereocenters. The van der Waals surface area contributed by atoms with Crippen LogP contribution in [0.1, 0.15) is 17.9 Å². The highest BCUT2D eigenvalue weighted by Gasteiger charge is 2.39. The Kier molecular flexibility index (Phi) is 3.44. The summed E-state index contributed by atoms with van der Waals surface area (Å²) in [7, 11) is 0. The minimum atomic E-state index is -0.354. The Morgan fingerprint density at radius 1 is 1.20 bits per heavy atom. The van der Waals surface area contributed by atoms with Crippen molar-refractivity contribution in [3.8, 4) is 0 Å². The summed E-state index contributed by atoms with van der Waals surface area (Å²) in [5.41, 5.74) is 1.98. The van der Waals surface area contributed by atoms with Gasteiger partial charge >= 0.3 is 0 Å². The smallest absolute Gasteiger partial charge is 0.293 e. The van der Waals surface area contributed by atoms with E-state index in [1.807, 2.05) is 24.3 Å². The molecule has 102 valence electrons. The van der Waals surface area contributed by atoms with Crippen LogP contribution in [0.15, 0.2) is 53.0 Å². The molecule has 0 radical (unpaired) electrons. The van der Waals surface area contributed by atoms with E-state index in [2.05, 4.69) is 33.4 Å². The van der Waals surface area contributed by atoms with Gasteiger partial charge in [0.1, 0.15) is 5.69 Å². The minimum absolute atomic E-state index is 0.109. The largest absolute Gasteiger partial charge is 0.376 e. The summed E-state index contributed by atoms with van der Waals surface area (Å²) in [6.07, 6.45) is 1.01. The van der Waals surface area contributed by atoms with E-state index in [0.29, 0.717) is 16.1 Å². The summed E-state index contributed by atoms with van der Waals surface area (Å²) >= 11 is 3.26. The Labute approximate surface area is 125 Å². The molecule has 1 aliphatic carbocycles. The SMILES string of the molecule is O=[N+]([O-])c1cc(Br)ccc1NC1CC1c1ccccc1. The van der Waals surface area contributed by atoms with E-state index < -0.39 is 0 Å². The Bertz CT molecular complexity index is 646. The van der Waals surface area contributed by atoms with E-state index in [1.54, 1.807) is 6.07 Å². The second kappa shape index (κ2) is 5.25. The van der Waals surface area contributed by atoms with Gasteiger partial charge in [-0.2, -0.15) is 0 Å². The lowest BCUT2D eigenvalue weighted by Gasteiger charge is -2.07. The van der Waals surface area contributed by atoms with Crippen LogP contribution in [0.2, 0.25) is 0 Å². The van der Waals surface area contributed by atoms with Crippen molar-refractivity contribution in [3.05, 3.63) is 68.7 Å². The van der Waals surface area contributed by atoms with Crippen molar-refractivity contribution in [3.63, 3.8) is 0 Å². The lowest BCUT2D eigenvalue weighted by Crippen LogP contribution is -2.06. The van der Waals surface area contributed by atoms with Gasteiger partial charge in [-0.25, -0.2) is 0 Å². The lowest BCUT2D eigenvalue weighted by atomic mass is 10.1. The highest BCUT2D eigenvalue weighted by molar-refractivity contribution is 9.10. The molecule has 5 heteroatoms. The number of benzene rings is 2. The first-order chi connectivity index (χ1) is 9.65. The average molecular weight is 333 g/mol. The monoisotopic (exact) mass is 332 g/mol. The molecule has 0 aliphatic heterocycles. The number of nitrogens with zero attached hydrogens (tertiary/aromatic N) is 1. The van der Waals surface area contributed by atoms with Crippen LogP contribution in [0.5, 0.6) is 0 Å². The zero-order chi connectivity index (χ0) is 14.1. The maximum Gasteiger partial charge on any atom is 0.293 e. The van der Waals surface area contributed by atoms with Crippen LogP contribution >= 0.6 is 15.9 Å². The van der Waals surface area contributed by atoms with Gasteiger partial charge in [0.15, 0.2) is 0 Å². The maximum absolute atomic E-state index is 11.1. The number of rotatable bonds is 4. The summed E-state index contributed by atoms with van der Waals surface area (Å²) in [5.74, 6) is 0.444. The zero-order valence-corrected chi connectivity index (χ0v) is 12.2. The van der Waals surface area contributed by atoms with Gasteiger partial charge in [0.05, 0.1) is 4.92 Å². The third kappa shape index (κ3) is 2.67. The molecule has 1 fully saturated rings. The van der Waals surface area contributed by atoms with Crippen molar-refractivity contribution in [2.24, 2.45) is 0 Å². The lowest BCUT2D eigenvalue weighted by molar-refractivity contribution is -0.384. The van der Waals surface area contributed by atoms with Crippen molar-refractivity contribution in [1.82, 2.24) is 0 Å². The predicted octanol–water partition coefficient (Wildman–Crippen LogP) is 4.33. The Morgan fingerprint density at radius 2 is 1.95 bits per heavy atom. The summed E-state index contributed by atoms with van der Waals surface area (Å²) in [6, 6.07) is 15.6. The van der Waals surface area contributed by atoms with Crippen LogP contribution in [-0.2, 0) is 0 Å². The molecule has 3 rings (SSSR count). The van der Waals surface area contributed by atoms with Crippen molar-refractivity contribution in [2.75, 3.05) is 5.32 Å². The molecule has 2 aromatic carbocycles. The number of nitrogens with one attached hydrogen (secondary N) is 1. The predicted molar refractivity (Wildman–Crippen MR) is 82.0 cm³/mol. The Hall–Kier alpha value is -1.88. The first kappa shape index (κ1) is 13.1. The molecular weight excluding hydrogens is 320 g/mol. The average Bonchev–Trinajstić information content (AvgIpc) is 3.21. The fourth-order valence-electron chi connectivity index (χ4n) is 2.40. The topological polar surface area (TPSA) is 55.2 Å². The third-order valence-electron chi connectivity index (χ3n) is 3.52. The molecule has 1 N–H and O–H groups in total. The van der Waals surface area contributed by atoms with Crippen molar-refractivity contribution in [2.45, 2.75) is 18.4 Å². The van der Waals surface area contributed by atoms with Crippen LogP contribution in [0.4, 0.5) is 11.4 Å². The molecule has 4 nitrogen and oxygen atoms in total. The molecule has 0 aromatic heterocycles. The standard InChI is InChI=1S/C15H13BrN2O2/c16-11-6-7-13(15(8-11)18(19)20)17-14-9-12(14)10-4-2-1-3-5-10/h1-8,12,14,17H,9H2. The van der Waals surface area contributed by atoms with Gasteiger partial charge < -0.3 is 5.32 Å². The van der Waals surface area contributed by atoms with E-state index in [-0.39, 0.29) is 16.7 Å². The molecule has 1 aliphatic rings. The molecule has 20 heavy (non-hydrogen) atoms. The molecule has 0 bridgehead atoms. The molecule has 0 amide bonds. The highest BCUT2D eigenvalue weighted by Crippen LogP contribution is 2.44. The highest BCUT2D eigenvalue weighted by atomic mass is 79.9. The van der Waals surface area contributed by atoms with Gasteiger partial charge in [-0.15, -0.1) is 0 Å². The van der Waals surface area contributed by atoms with Crippen LogP contribution in [0.25, 0.3) is 0 Å². The summed E-state index contributed by atoms with van der Waals surface area (Å²) in [6.45, 7) is 0. The van der Waals surface area contributed by atoms with Gasteiger partial charge in [-0.05, 0) is 24.1 Å². The van der Waals surface area contributed by atoms with Crippen molar-refractivity contribution >= 4 is 27.3 Å². The maximum atomic E-state index is 11.1. The van der Waals surface area contributed by atoms with E-state index in [0.717, 1.165) is 6.42 Å². The van der Waals surface area contributed by atoms with E-state index in [9.17, 15) is 10.1 Å². The minimum Gasteiger partial charge on any atom is -0.376 e. The van der Waals surface area contributed by atoms with E-state index in [1.165, 1.54) is 11.6 Å². The van der Waals surface area contributed by atoms with Crippen LogP contribution in [-0.4, -0.2) is 11.0 Å². The van der Waals surface area contributed by atoms with E-state index in [4.69, 9.17) is 0 Å². The van der Waals surface area contributed by atoms with Gasteiger partial charge in [0.25, 0.3) is 5.69 Å². The fourth-order valence-corrected chi connectivity index (χ4v) is 2.75.